The average molecular weight is 850 g/mol. The highest BCUT2D eigenvalue weighted by Gasteiger charge is 2.23. The molecule has 360 valence electrons. The first-order chi connectivity index (χ1) is 29.6. The van der Waals surface area contributed by atoms with Gasteiger partial charge in [0.1, 0.15) is 6.10 Å². The number of rotatable bonds is 52. The van der Waals surface area contributed by atoms with Gasteiger partial charge in [0, 0.05) is 0 Å². The predicted molar refractivity (Wildman–Crippen MR) is 264 cm³/mol. The van der Waals surface area contributed by atoms with E-state index in [-0.39, 0.29) is 6.61 Å². The lowest BCUT2D eigenvalue weighted by Crippen LogP contribution is -2.49. The topological polar surface area (TPSA) is 89.8 Å². The zero-order valence-electron chi connectivity index (χ0n) is 41.1. The van der Waals surface area contributed by atoms with Crippen molar-refractivity contribution in [2.24, 2.45) is 0 Å². The van der Waals surface area contributed by atoms with Crippen molar-refractivity contribution in [3.63, 3.8) is 0 Å². The fourth-order valence-electron chi connectivity index (χ4n) is 9.14. The standard InChI is InChI=1S/C55H111NO4/c1-3-5-7-9-11-13-15-17-19-21-23-24-25-26-27-28-29-30-32-34-36-38-40-42-44-46-48-50-54(59)55(60)56-52(51-57)53(58)49-47-45-43-41-39-37-35-33-31-22-20-18-16-14-12-10-8-6-4-2/h52-54,57-59H,3-51H2,1-2H3,(H,56,60). The Morgan fingerprint density at radius 1 is 0.333 bits per heavy atom. The molecule has 0 radical (unpaired) electrons. The van der Waals surface area contributed by atoms with Crippen molar-refractivity contribution in [3.05, 3.63) is 0 Å². The lowest BCUT2D eigenvalue weighted by Gasteiger charge is -2.23. The Morgan fingerprint density at radius 2 is 0.533 bits per heavy atom. The van der Waals surface area contributed by atoms with Crippen LogP contribution in [0.1, 0.15) is 322 Å². The Balaban J connectivity index is 3.48. The SMILES string of the molecule is CCCCCCCCCCCCCCCCCCCCCCCCCCCCCC(O)C(=O)NC(CO)C(O)CCCCCCCCCCCCCCCCCCCCC. The summed E-state index contributed by atoms with van der Waals surface area (Å²) in [7, 11) is 0. The van der Waals surface area contributed by atoms with Crippen LogP contribution in [-0.4, -0.2) is 46.1 Å². The number of carbonyl (C=O) groups excluding carboxylic acids is 1. The number of hydrogen-bond donors (Lipinski definition) is 4. The smallest absolute Gasteiger partial charge is 0.249 e. The maximum atomic E-state index is 12.6. The first-order valence-electron chi connectivity index (χ1n) is 27.8. The number of aliphatic hydroxyl groups excluding tert-OH is 3. The Bertz CT molecular complexity index is 807. The van der Waals surface area contributed by atoms with E-state index in [1.165, 1.54) is 263 Å². The minimum absolute atomic E-state index is 0.307. The monoisotopic (exact) mass is 850 g/mol. The van der Waals surface area contributed by atoms with Gasteiger partial charge in [0.25, 0.3) is 0 Å². The fraction of sp³-hybridized carbons (Fsp3) is 0.982. The Morgan fingerprint density at radius 3 is 0.750 bits per heavy atom. The molecule has 60 heavy (non-hydrogen) atoms. The normalized spacial score (nSPS) is 13.2. The third kappa shape index (κ3) is 45.4. The molecule has 0 aliphatic rings. The summed E-state index contributed by atoms with van der Waals surface area (Å²) in [5.74, 6) is -0.462. The lowest BCUT2D eigenvalue weighted by atomic mass is 10.0. The molecule has 5 nitrogen and oxygen atoms in total. The number of carbonyl (C=O) groups is 1. The highest BCUT2D eigenvalue weighted by atomic mass is 16.3. The molecular weight excluding hydrogens is 739 g/mol. The van der Waals surface area contributed by atoms with Crippen LogP contribution < -0.4 is 5.32 Å². The molecular formula is C55H111NO4. The fourth-order valence-corrected chi connectivity index (χ4v) is 9.14. The van der Waals surface area contributed by atoms with Crippen LogP contribution in [0, 0.1) is 0 Å². The molecule has 5 heteroatoms. The van der Waals surface area contributed by atoms with Crippen LogP contribution in [-0.2, 0) is 4.79 Å². The van der Waals surface area contributed by atoms with Crippen LogP contribution in [0.2, 0.25) is 0 Å². The number of amides is 1. The number of hydrogen-bond acceptors (Lipinski definition) is 4. The molecule has 0 fully saturated rings. The van der Waals surface area contributed by atoms with Crippen LogP contribution >= 0.6 is 0 Å². The number of aliphatic hydroxyl groups is 3. The third-order valence-electron chi connectivity index (χ3n) is 13.5. The zero-order chi connectivity index (χ0) is 43.7. The van der Waals surface area contributed by atoms with Crippen molar-refractivity contribution in [1.29, 1.82) is 0 Å². The summed E-state index contributed by atoms with van der Waals surface area (Å²) in [5, 5.41) is 33.5. The molecule has 0 aromatic carbocycles. The summed E-state index contributed by atoms with van der Waals surface area (Å²) >= 11 is 0. The van der Waals surface area contributed by atoms with Gasteiger partial charge in [0.05, 0.1) is 18.8 Å². The summed E-state index contributed by atoms with van der Waals surface area (Å²) in [6.45, 7) is 4.28. The molecule has 1 amide bonds. The summed E-state index contributed by atoms with van der Waals surface area (Å²) in [6.07, 6.45) is 61.5. The molecule has 0 saturated carbocycles. The summed E-state index contributed by atoms with van der Waals surface area (Å²) < 4.78 is 0. The van der Waals surface area contributed by atoms with Gasteiger partial charge >= 0.3 is 0 Å². The summed E-state index contributed by atoms with van der Waals surface area (Å²) in [4.78, 5) is 12.6. The molecule has 3 atom stereocenters. The molecule has 0 aromatic rings. The van der Waals surface area contributed by atoms with Crippen molar-refractivity contribution in [3.8, 4) is 0 Å². The minimum atomic E-state index is -1.07. The number of unbranched alkanes of at least 4 members (excludes halogenated alkanes) is 44. The van der Waals surface area contributed by atoms with Crippen molar-refractivity contribution in [2.75, 3.05) is 6.61 Å². The van der Waals surface area contributed by atoms with Gasteiger partial charge in [-0.05, 0) is 12.8 Å². The van der Waals surface area contributed by atoms with E-state index in [9.17, 15) is 20.1 Å². The molecule has 3 unspecified atom stereocenters. The second-order valence-corrected chi connectivity index (χ2v) is 19.5. The number of nitrogens with one attached hydrogen (secondary N) is 1. The van der Waals surface area contributed by atoms with Gasteiger partial charge in [-0.2, -0.15) is 0 Å². The van der Waals surface area contributed by atoms with Crippen LogP contribution in [0.25, 0.3) is 0 Å². The van der Waals surface area contributed by atoms with Crippen molar-refractivity contribution >= 4 is 5.91 Å². The van der Waals surface area contributed by atoms with E-state index in [1.54, 1.807) is 0 Å². The molecule has 0 heterocycles. The van der Waals surface area contributed by atoms with Crippen LogP contribution in [0.4, 0.5) is 0 Å². The van der Waals surface area contributed by atoms with Crippen LogP contribution in [0.3, 0.4) is 0 Å². The highest BCUT2D eigenvalue weighted by molar-refractivity contribution is 5.80. The third-order valence-corrected chi connectivity index (χ3v) is 13.5. The van der Waals surface area contributed by atoms with Crippen LogP contribution in [0.5, 0.6) is 0 Å². The van der Waals surface area contributed by atoms with Crippen molar-refractivity contribution < 1.29 is 20.1 Å². The van der Waals surface area contributed by atoms with Gasteiger partial charge in [-0.1, -0.05) is 309 Å². The van der Waals surface area contributed by atoms with Crippen LogP contribution in [0.15, 0.2) is 0 Å². The minimum Gasteiger partial charge on any atom is -0.394 e. The molecule has 0 aliphatic heterocycles. The van der Waals surface area contributed by atoms with E-state index in [2.05, 4.69) is 19.2 Å². The molecule has 0 aromatic heterocycles. The Kier molecular flexibility index (Phi) is 50.4. The van der Waals surface area contributed by atoms with Gasteiger partial charge in [-0.25, -0.2) is 0 Å². The van der Waals surface area contributed by atoms with E-state index in [4.69, 9.17) is 0 Å². The van der Waals surface area contributed by atoms with E-state index < -0.39 is 24.2 Å². The van der Waals surface area contributed by atoms with Gasteiger partial charge in [0.2, 0.25) is 5.91 Å². The average Bonchev–Trinajstić information content (AvgIpc) is 3.25. The highest BCUT2D eigenvalue weighted by Crippen LogP contribution is 2.18. The molecule has 0 bridgehead atoms. The van der Waals surface area contributed by atoms with E-state index in [1.807, 2.05) is 0 Å². The maximum Gasteiger partial charge on any atom is 0.249 e. The second kappa shape index (κ2) is 51.0. The van der Waals surface area contributed by atoms with Crippen molar-refractivity contribution in [2.45, 2.75) is 340 Å². The van der Waals surface area contributed by atoms with Gasteiger partial charge in [-0.15, -0.1) is 0 Å². The molecule has 4 N–H and O–H groups in total. The van der Waals surface area contributed by atoms with E-state index in [0.717, 1.165) is 32.1 Å². The summed E-state index contributed by atoms with van der Waals surface area (Å²) in [6, 6.07) is -0.707. The quantitative estimate of drug-likeness (QED) is 0.0459. The van der Waals surface area contributed by atoms with E-state index in [0.29, 0.717) is 12.8 Å². The van der Waals surface area contributed by atoms with E-state index >= 15 is 0 Å². The zero-order valence-corrected chi connectivity index (χ0v) is 41.1. The molecule has 0 spiro atoms. The Labute approximate surface area is 377 Å². The largest absolute Gasteiger partial charge is 0.394 e. The van der Waals surface area contributed by atoms with Crippen molar-refractivity contribution in [1.82, 2.24) is 5.32 Å². The molecule has 0 aliphatic carbocycles. The molecule has 0 saturated heterocycles. The van der Waals surface area contributed by atoms with Gasteiger partial charge < -0.3 is 20.6 Å². The van der Waals surface area contributed by atoms with Gasteiger partial charge in [-0.3, -0.25) is 4.79 Å². The molecule has 0 rings (SSSR count). The predicted octanol–water partition coefficient (Wildman–Crippen LogP) is 16.9. The first-order valence-corrected chi connectivity index (χ1v) is 27.8. The lowest BCUT2D eigenvalue weighted by molar-refractivity contribution is -0.131. The van der Waals surface area contributed by atoms with Gasteiger partial charge in [0.15, 0.2) is 0 Å². The second-order valence-electron chi connectivity index (χ2n) is 19.5. The summed E-state index contributed by atoms with van der Waals surface area (Å²) in [5.41, 5.74) is 0. The maximum absolute atomic E-state index is 12.6. The Hall–Kier alpha value is -0.650. The first kappa shape index (κ1) is 59.4.